The molecular weight excluding hydrogens is 238 g/mol. The molecule has 0 bridgehead atoms. The lowest BCUT2D eigenvalue weighted by molar-refractivity contribution is 0.191. The fourth-order valence-electron chi connectivity index (χ4n) is 2.69. The van der Waals surface area contributed by atoms with Gasteiger partial charge >= 0.3 is 0 Å². The van der Waals surface area contributed by atoms with Gasteiger partial charge in [0.05, 0.1) is 0 Å². The Kier molecular flexibility index (Phi) is 5.39. The highest BCUT2D eigenvalue weighted by molar-refractivity contribution is 5.38. The molecule has 0 atom stereocenters. The minimum absolute atomic E-state index is 0.461. The Labute approximate surface area is 115 Å². The van der Waals surface area contributed by atoms with Crippen LogP contribution in [0.5, 0.6) is 0 Å². The van der Waals surface area contributed by atoms with E-state index in [0.29, 0.717) is 5.82 Å². The van der Waals surface area contributed by atoms with Crippen LogP contribution in [0.25, 0.3) is 0 Å². The molecule has 106 valence electrons. The van der Waals surface area contributed by atoms with Crippen LogP contribution in [0, 0.1) is 0 Å². The first kappa shape index (κ1) is 14.1. The van der Waals surface area contributed by atoms with E-state index in [1.165, 1.54) is 32.1 Å². The molecular formula is C14H25N5. The predicted octanol–water partition coefficient (Wildman–Crippen LogP) is 2.13. The second kappa shape index (κ2) is 7.28. The molecule has 5 heteroatoms. The Balaban J connectivity index is 1.62. The molecule has 0 aliphatic heterocycles. The van der Waals surface area contributed by atoms with Gasteiger partial charge in [-0.1, -0.05) is 19.3 Å². The molecule has 0 unspecified atom stereocenters. The van der Waals surface area contributed by atoms with Crippen molar-refractivity contribution in [1.82, 2.24) is 15.1 Å². The van der Waals surface area contributed by atoms with Crippen LogP contribution in [-0.2, 0) is 0 Å². The van der Waals surface area contributed by atoms with Crippen molar-refractivity contribution < 1.29 is 0 Å². The summed E-state index contributed by atoms with van der Waals surface area (Å²) in [6, 6.07) is 4.43. The number of hydrogen-bond donors (Lipinski definition) is 2. The SMILES string of the molecule is CN(CCCNc1ccc(N)nn1)C1CCCCC1. The van der Waals surface area contributed by atoms with Crippen molar-refractivity contribution in [3.05, 3.63) is 12.1 Å². The van der Waals surface area contributed by atoms with Gasteiger partial charge in [-0.25, -0.2) is 0 Å². The van der Waals surface area contributed by atoms with Crippen LogP contribution in [0.3, 0.4) is 0 Å². The molecule has 1 heterocycles. The van der Waals surface area contributed by atoms with Crippen molar-refractivity contribution in [1.29, 1.82) is 0 Å². The fraction of sp³-hybridized carbons (Fsp3) is 0.714. The van der Waals surface area contributed by atoms with Crippen LogP contribution in [0.4, 0.5) is 11.6 Å². The zero-order valence-electron chi connectivity index (χ0n) is 11.8. The summed E-state index contributed by atoms with van der Waals surface area (Å²) in [5.74, 6) is 1.26. The minimum Gasteiger partial charge on any atom is -0.382 e. The van der Waals surface area contributed by atoms with Gasteiger partial charge in [0, 0.05) is 12.6 Å². The molecule has 5 nitrogen and oxygen atoms in total. The number of nitrogens with two attached hydrogens (primary N) is 1. The Hall–Kier alpha value is -1.36. The molecule has 3 N–H and O–H groups in total. The maximum atomic E-state index is 5.50. The molecule has 19 heavy (non-hydrogen) atoms. The standard InChI is InChI=1S/C14H25N5/c1-19(12-6-3-2-4-7-12)11-5-10-16-14-9-8-13(15)17-18-14/h8-9,12H,2-7,10-11H2,1H3,(H2,15,17)(H,16,18). The topological polar surface area (TPSA) is 67.1 Å². The Morgan fingerprint density at radius 3 is 2.74 bits per heavy atom. The van der Waals surface area contributed by atoms with E-state index in [2.05, 4.69) is 27.5 Å². The number of aromatic nitrogens is 2. The second-order valence-corrected chi connectivity index (χ2v) is 5.40. The van der Waals surface area contributed by atoms with Crippen molar-refractivity contribution in [3.63, 3.8) is 0 Å². The third-order valence-electron chi connectivity index (χ3n) is 3.88. The number of nitrogen functional groups attached to an aromatic ring is 1. The monoisotopic (exact) mass is 263 g/mol. The molecule has 1 aromatic heterocycles. The molecule has 0 amide bonds. The Morgan fingerprint density at radius 2 is 2.05 bits per heavy atom. The highest BCUT2D eigenvalue weighted by Crippen LogP contribution is 2.21. The number of nitrogens with one attached hydrogen (secondary N) is 1. The molecule has 1 aliphatic carbocycles. The first-order valence-corrected chi connectivity index (χ1v) is 7.29. The zero-order chi connectivity index (χ0) is 13.5. The zero-order valence-corrected chi connectivity index (χ0v) is 11.8. The Bertz CT molecular complexity index is 359. The lowest BCUT2D eigenvalue weighted by Gasteiger charge is -2.31. The van der Waals surface area contributed by atoms with Crippen LogP contribution in [-0.4, -0.2) is 41.3 Å². The van der Waals surface area contributed by atoms with Gasteiger partial charge in [-0.15, -0.1) is 10.2 Å². The molecule has 1 aromatic rings. The van der Waals surface area contributed by atoms with Gasteiger partial charge in [0.15, 0.2) is 0 Å². The maximum absolute atomic E-state index is 5.50. The van der Waals surface area contributed by atoms with Gasteiger partial charge < -0.3 is 16.0 Å². The summed E-state index contributed by atoms with van der Waals surface area (Å²) in [5, 5.41) is 11.1. The van der Waals surface area contributed by atoms with Crippen molar-refractivity contribution in [2.75, 3.05) is 31.2 Å². The number of rotatable bonds is 6. The third-order valence-corrected chi connectivity index (χ3v) is 3.88. The Morgan fingerprint density at radius 1 is 1.26 bits per heavy atom. The average molecular weight is 263 g/mol. The molecule has 1 fully saturated rings. The van der Waals surface area contributed by atoms with Gasteiger partial charge in [-0.2, -0.15) is 0 Å². The summed E-state index contributed by atoms with van der Waals surface area (Å²) < 4.78 is 0. The largest absolute Gasteiger partial charge is 0.382 e. The van der Waals surface area contributed by atoms with Crippen LogP contribution < -0.4 is 11.1 Å². The lowest BCUT2D eigenvalue weighted by atomic mass is 9.94. The van der Waals surface area contributed by atoms with Gasteiger partial charge in [0.1, 0.15) is 11.6 Å². The molecule has 0 aromatic carbocycles. The number of hydrogen-bond acceptors (Lipinski definition) is 5. The van der Waals surface area contributed by atoms with Crippen LogP contribution in [0.1, 0.15) is 38.5 Å². The van der Waals surface area contributed by atoms with Crippen molar-refractivity contribution >= 4 is 11.6 Å². The molecule has 1 aliphatic rings. The molecule has 0 saturated heterocycles. The van der Waals surface area contributed by atoms with Crippen molar-refractivity contribution in [2.45, 2.75) is 44.6 Å². The minimum atomic E-state index is 0.461. The number of anilines is 2. The first-order valence-electron chi connectivity index (χ1n) is 7.29. The van der Waals surface area contributed by atoms with Gasteiger partial charge in [0.25, 0.3) is 0 Å². The maximum Gasteiger partial charge on any atom is 0.148 e. The van der Waals surface area contributed by atoms with E-state index < -0.39 is 0 Å². The van der Waals surface area contributed by atoms with Gasteiger partial charge in [0.2, 0.25) is 0 Å². The van der Waals surface area contributed by atoms with Crippen LogP contribution >= 0.6 is 0 Å². The van der Waals surface area contributed by atoms with E-state index in [0.717, 1.165) is 31.4 Å². The summed E-state index contributed by atoms with van der Waals surface area (Å²) in [6.45, 7) is 2.07. The second-order valence-electron chi connectivity index (χ2n) is 5.40. The third kappa shape index (κ3) is 4.67. The normalized spacial score (nSPS) is 16.7. The van der Waals surface area contributed by atoms with E-state index in [1.807, 2.05) is 6.07 Å². The van der Waals surface area contributed by atoms with E-state index in [4.69, 9.17) is 5.73 Å². The van der Waals surface area contributed by atoms with E-state index in [9.17, 15) is 0 Å². The van der Waals surface area contributed by atoms with Gasteiger partial charge in [-0.3, -0.25) is 0 Å². The quantitative estimate of drug-likeness (QED) is 0.770. The predicted molar refractivity (Wildman–Crippen MR) is 79.1 cm³/mol. The van der Waals surface area contributed by atoms with E-state index in [-0.39, 0.29) is 0 Å². The molecule has 0 spiro atoms. The highest BCUT2D eigenvalue weighted by atomic mass is 15.2. The highest BCUT2D eigenvalue weighted by Gasteiger charge is 2.17. The van der Waals surface area contributed by atoms with Gasteiger partial charge in [-0.05, 0) is 45.0 Å². The van der Waals surface area contributed by atoms with Crippen molar-refractivity contribution in [3.8, 4) is 0 Å². The van der Waals surface area contributed by atoms with E-state index >= 15 is 0 Å². The molecule has 0 radical (unpaired) electrons. The van der Waals surface area contributed by atoms with Crippen molar-refractivity contribution in [2.24, 2.45) is 0 Å². The summed E-state index contributed by atoms with van der Waals surface area (Å²) in [5.41, 5.74) is 5.50. The molecule has 2 rings (SSSR count). The fourth-order valence-corrected chi connectivity index (χ4v) is 2.69. The first-order chi connectivity index (χ1) is 9.25. The lowest BCUT2D eigenvalue weighted by Crippen LogP contribution is -2.34. The van der Waals surface area contributed by atoms with E-state index in [1.54, 1.807) is 6.07 Å². The molecule has 1 saturated carbocycles. The number of nitrogens with zero attached hydrogens (tertiary/aromatic N) is 3. The average Bonchev–Trinajstić information content (AvgIpc) is 2.46. The van der Waals surface area contributed by atoms with Crippen LogP contribution in [0.15, 0.2) is 12.1 Å². The smallest absolute Gasteiger partial charge is 0.148 e. The summed E-state index contributed by atoms with van der Waals surface area (Å²) >= 11 is 0. The summed E-state index contributed by atoms with van der Waals surface area (Å²) in [7, 11) is 2.25. The van der Waals surface area contributed by atoms with Crippen LogP contribution in [0.2, 0.25) is 0 Å². The summed E-state index contributed by atoms with van der Waals surface area (Å²) in [6.07, 6.45) is 8.07. The summed E-state index contributed by atoms with van der Waals surface area (Å²) in [4.78, 5) is 2.51.